The molecule has 7 rings (SSSR count). The molecule has 0 radical (unpaired) electrons. The lowest BCUT2D eigenvalue weighted by Crippen LogP contribution is -2.58. The van der Waals surface area contributed by atoms with Gasteiger partial charge in [0.2, 0.25) is 0 Å². The van der Waals surface area contributed by atoms with Crippen molar-refractivity contribution >= 4 is 23.1 Å². The van der Waals surface area contributed by atoms with Crippen molar-refractivity contribution in [3.8, 4) is 0 Å². The van der Waals surface area contributed by atoms with Crippen molar-refractivity contribution in [3.05, 3.63) is 35.9 Å². The summed E-state index contributed by atoms with van der Waals surface area (Å²) in [7, 11) is 0. The molecule has 0 bridgehead atoms. The fourth-order valence-electron chi connectivity index (χ4n) is 7.03. The minimum Gasteiger partial charge on any atom is -0.378 e. The molecule has 1 saturated carbocycles. The van der Waals surface area contributed by atoms with Crippen LogP contribution in [0.1, 0.15) is 67.0 Å². The number of hydrogen-bond donors (Lipinski definition) is 2. The Morgan fingerprint density at radius 3 is 2.57 bits per heavy atom. The lowest BCUT2D eigenvalue weighted by molar-refractivity contribution is 0.0435. The Hall–Kier alpha value is -3.16. The second kappa shape index (κ2) is 11.5. The van der Waals surface area contributed by atoms with E-state index in [-0.39, 0.29) is 17.3 Å². The largest absolute Gasteiger partial charge is 0.378 e. The van der Waals surface area contributed by atoms with Crippen LogP contribution in [0.15, 0.2) is 24.7 Å². The van der Waals surface area contributed by atoms with E-state index in [0.29, 0.717) is 43.3 Å². The summed E-state index contributed by atoms with van der Waals surface area (Å²) in [6.07, 6.45) is 8.40. The average molecular weight is 584 g/mol. The van der Waals surface area contributed by atoms with Gasteiger partial charge in [-0.1, -0.05) is 0 Å². The molecule has 4 fully saturated rings. The Balaban J connectivity index is 0.998. The first-order valence-electron chi connectivity index (χ1n) is 15.3. The fraction of sp³-hybridized carbons (Fsp3) is 0.655. The highest BCUT2D eigenvalue weighted by atomic mass is 19.3. The third-order valence-electron chi connectivity index (χ3n) is 9.77. The summed E-state index contributed by atoms with van der Waals surface area (Å²) in [5.74, 6) is 0.810. The summed E-state index contributed by atoms with van der Waals surface area (Å²) in [6, 6.07) is 1.89. The molecule has 3 aromatic rings. The lowest BCUT2D eigenvalue weighted by Gasteiger charge is -2.49. The number of nitrogens with zero attached hydrogens (tertiary/aromatic N) is 7. The number of anilines is 2. The number of hydrogen-bond acceptors (Lipinski definition) is 8. The second-order valence-corrected chi connectivity index (χ2v) is 12.5. The standard InChI is InChI=1S/C29H39F2N9O2/c30-26(31)25-23(34-28(41)22-15-33-39-8-5-24(35-27(22)39)38-11-13-42-14-12-38)17-40(36-25)21-3-1-20(2-4-21)16-37-9-6-29(7-10-37)18-32-19-29/h5,8,15,17,20-21,26,32H,1-4,6-7,9-14,16,18-19H2,(H,34,41). The van der Waals surface area contributed by atoms with Crippen LogP contribution in [0.4, 0.5) is 20.3 Å². The Morgan fingerprint density at radius 1 is 1.12 bits per heavy atom. The minimum absolute atomic E-state index is 0.0357. The van der Waals surface area contributed by atoms with Gasteiger partial charge in [-0.25, -0.2) is 18.3 Å². The van der Waals surface area contributed by atoms with Gasteiger partial charge < -0.3 is 25.2 Å². The third-order valence-corrected chi connectivity index (χ3v) is 9.77. The van der Waals surface area contributed by atoms with Crippen molar-refractivity contribution in [1.82, 2.24) is 34.6 Å². The molecule has 13 heteroatoms. The van der Waals surface area contributed by atoms with Gasteiger partial charge in [0.1, 0.15) is 11.4 Å². The van der Waals surface area contributed by atoms with Crippen LogP contribution in [-0.2, 0) is 4.74 Å². The minimum atomic E-state index is -2.80. The Morgan fingerprint density at radius 2 is 1.88 bits per heavy atom. The van der Waals surface area contributed by atoms with E-state index in [1.165, 1.54) is 49.7 Å². The highest BCUT2D eigenvalue weighted by Crippen LogP contribution is 2.38. The van der Waals surface area contributed by atoms with Gasteiger partial charge in [-0.3, -0.25) is 9.48 Å². The zero-order valence-corrected chi connectivity index (χ0v) is 23.9. The molecule has 1 spiro atoms. The van der Waals surface area contributed by atoms with E-state index >= 15 is 0 Å². The predicted octanol–water partition coefficient (Wildman–Crippen LogP) is 3.37. The van der Waals surface area contributed by atoms with Crippen molar-refractivity contribution in [1.29, 1.82) is 0 Å². The Labute approximate surface area is 243 Å². The van der Waals surface area contributed by atoms with Crippen LogP contribution in [0.3, 0.4) is 0 Å². The van der Waals surface area contributed by atoms with Crippen molar-refractivity contribution in [3.63, 3.8) is 0 Å². The molecule has 1 aliphatic carbocycles. The number of nitrogens with one attached hydrogen (secondary N) is 2. The maximum Gasteiger partial charge on any atom is 0.284 e. The van der Waals surface area contributed by atoms with E-state index in [4.69, 9.17) is 4.74 Å². The smallest absolute Gasteiger partial charge is 0.284 e. The SMILES string of the molecule is O=C(Nc1cn(C2CCC(CN3CCC4(CC3)CNC4)CC2)nc1C(F)F)c1cnn2ccc(N3CCOCC3)nc12. The van der Waals surface area contributed by atoms with Crippen LogP contribution in [0.5, 0.6) is 0 Å². The molecule has 226 valence electrons. The summed E-state index contributed by atoms with van der Waals surface area (Å²) >= 11 is 0. The first-order chi connectivity index (χ1) is 20.5. The summed E-state index contributed by atoms with van der Waals surface area (Å²) < 4.78 is 36.7. The van der Waals surface area contributed by atoms with Crippen LogP contribution in [0, 0.1) is 11.3 Å². The molecule has 3 aliphatic heterocycles. The first kappa shape index (κ1) is 27.7. The number of alkyl halides is 2. The van der Waals surface area contributed by atoms with Gasteiger partial charge in [-0.15, -0.1) is 0 Å². The van der Waals surface area contributed by atoms with Crippen LogP contribution >= 0.6 is 0 Å². The molecular formula is C29H39F2N9O2. The van der Waals surface area contributed by atoms with Crippen molar-refractivity contribution in [2.75, 3.05) is 69.2 Å². The van der Waals surface area contributed by atoms with Crippen LogP contribution < -0.4 is 15.5 Å². The quantitative estimate of drug-likeness (QED) is 0.437. The topological polar surface area (TPSA) is 105 Å². The van der Waals surface area contributed by atoms with Gasteiger partial charge in [-0.2, -0.15) is 10.2 Å². The van der Waals surface area contributed by atoms with E-state index in [9.17, 15) is 13.6 Å². The normalized spacial score (nSPS) is 24.8. The van der Waals surface area contributed by atoms with Crippen LogP contribution in [0.25, 0.3) is 5.65 Å². The number of amides is 1. The molecule has 6 heterocycles. The summed E-state index contributed by atoms with van der Waals surface area (Å²) in [4.78, 5) is 22.7. The van der Waals surface area contributed by atoms with E-state index in [2.05, 4.69) is 35.6 Å². The van der Waals surface area contributed by atoms with E-state index < -0.39 is 18.0 Å². The molecule has 42 heavy (non-hydrogen) atoms. The van der Waals surface area contributed by atoms with Crippen LogP contribution in [0.2, 0.25) is 0 Å². The zero-order valence-electron chi connectivity index (χ0n) is 23.9. The number of aromatic nitrogens is 5. The number of rotatable bonds is 7. The number of morpholine rings is 1. The maximum atomic E-state index is 14.0. The van der Waals surface area contributed by atoms with Gasteiger partial charge >= 0.3 is 0 Å². The van der Waals surface area contributed by atoms with Gasteiger partial charge in [0, 0.05) is 45.1 Å². The number of carbonyl (C=O) groups excluding carboxylic acids is 1. The highest BCUT2D eigenvalue weighted by molar-refractivity contribution is 6.08. The third kappa shape index (κ3) is 5.49. The van der Waals surface area contributed by atoms with Crippen LogP contribution in [-0.4, -0.2) is 94.2 Å². The number of carbonyl (C=O) groups is 1. The number of ether oxygens (including phenoxy) is 1. The molecule has 1 amide bonds. The van der Waals surface area contributed by atoms with E-state index in [1.54, 1.807) is 17.1 Å². The number of piperidine rings is 1. The summed E-state index contributed by atoms with van der Waals surface area (Å²) in [6.45, 7) is 8.45. The van der Waals surface area contributed by atoms with E-state index in [1.807, 2.05) is 6.07 Å². The molecule has 0 aromatic carbocycles. The molecular weight excluding hydrogens is 544 g/mol. The summed E-state index contributed by atoms with van der Waals surface area (Å²) in [5.41, 5.74) is 0.771. The Bertz CT molecular complexity index is 1400. The molecule has 2 N–H and O–H groups in total. The number of likely N-dealkylation sites (tertiary alicyclic amines) is 1. The van der Waals surface area contributed by atoms with Gasteiger partial charge in [0.25, 0.3) is 12.3 Å². The fourth-order valence-corrected chi connectivity index (χ4v) is 7.03. The Kier molecular flexibility index (Phi) is 7.57. The second-order valence-electron chi connectivity index (χ2n) is 12.5. The van der Waals surface area contributed by atoms with Crippen molar-refractivity contribution in [2.24, 2.45) is 11.3 Å². The first-order valence-corrected chi connectivity index (χ1v) is 15.3. The molecule has 3 aromatic heterocycles. The monoisotopic (exact) mass is 583 g/mol. The number of halogens is 2. The molecule has 0 unspecified atom stereocenters. The molecule has 0 atom stereocenters. The number of fused-ring (bicyclic) bond motifs is 1. The van der Waals surface area contributed by atoms with Gasteiger partial charge in [0.15, 0.2) is 11.3 Å². The maximum absolute atomic E-state index is 14.0. The molecule has 3 saturated heterocycles. The molecule has 4 aliphatic rings. The zero-order chi connectivity index (χ0) is 28.7. The van der Waals surface area contributed by atoms with Gasteiger partial charge in [0.05, 0.1) is 31.1 Å². The summed E-state index contributed by atoms with van der Waals surface area (Å²) in [5, 5.41) is 14.6. The van der Waals surface area contributed by atoms with Crippen molar-refractivity contribution in [2.45, 2.75) is 51.0 Å². The molecule has 11 nitrogen and oxygen atoms in total. The lowest BCUT2D eigenvalue weighted by atomic mass is 9.73. The van der Waals surface area contributed by atoms with Gasteiger partial charge in [-0.05, 0) is 69.0 Å². The predicted molar refractivity (Wildman–Crippen MR) is 153 cm³/mol. The van der Waals surface area contributed by atoms with Crippen molar-refractivity contribution < 1.29 is 18.3 Å². The highest BCUT2D eigenvalue weighted by Gasteiger charge is 2.40. The van der Waals surface area contributed by atoms with E-state index in [0.717, 1.165) is 38.0 Å². The average Bonchev–Trinajstić information content (AvgIpc) is 3.62.